The van der Waals surface area contributed by atoms with Crippen LogP contribution in [0, 0.1) is 6.61 Å². The largest absolute Gasteiger partial charge is 1.00 e. The van der Waals surface area contributed by atoms with Crippen molar-refractivity contribution in [1.29, 1.82) is 0 Å². The number of aliphatic hydroxyl groups is 5. The van der Waals surface area contributed by atoms with Crippen LogP contribution in [0.2, 0.25) is 0 Å². The van der Waals surface area contributed by atoms with Gasteiger partial charge in [-0.25, -0.2) is 8.42 Å². The Kier molecular flexibility index (Phi) is 36.4. The van der Waals surface area contributed by atoms with Gasteiger partial charge in [0.2, 0.25) is 0 Å². The minimum atomic E-state index is -4.32. The summed E-state index contributed by atoms with van der Waals surface area (Å²) in [5.74, 6) is -1.78. The van der Waals surface area contributed by atoms with Gasteiger partial charge in [0.1, 0.15) is 0 Å². The standard InChI is InChI=1S/C6H14O5S.C6H13O3.C5H10O3.Na/c7-4-2-1-3-6(8)5-12(9,10)11;7-5-3-1-2-4-6-9-8;6-4-2-1-3-5(7)8;/h6-8H,1-5H2,(H,9,10,11);6-7,9H,1-5H2;6H,1-4H2,(H,7,8);/q;-1;;+1/p-2. The van der Waals surface area contributed by atoms with Crippen LogP contribution in [0.1, 0.15) is 64.2 Å². The molecule has 1 atom stereocenters. The van der Waals surface area contributed by atoms with E-state index in [1.807, 2.05) is 0 Å². The molecule has 5 N–H and O–H groups in total. The Balaban J connectivity index is -0.000000170. The molecular formula is C17H35NaO11S-2. The number of aliphatic carboxylic acids is 1. The summed E-state index contributed by atoms with van der Waals surface area (Å²) < 4.78 is 30.3. The summed E-state index contributed by atoms with van der Waals surface area (Å²) in [6.07, 6.45) is 4.78. The molecular weight excluding hydrogens is 435 g/mol. The maximum absolute atomic E-state index is 10.1. The van der Waals surface area contributed by atoms with E-state index >= 15 is 0 Å². The number of aliphatic hydroxyl groups excluding tert-OH is 4. The first-order chi connectivity index (χ1) is 13.6. The van der Waals surface area contributed by atoms with Crippen LogP contribution in [0.5, 0.6) is 0 Å². The quantitative estimate of drug-likeness (QED) is 0.0320. The molecule has 0 aromatic heterocycles. The van der Waals surface area contributed by atoms with Gasteiger partial charge in [0, 0.05) is 25.8 Å². The topological polar surface area (TPSA) is 214 Å². The van der Waals surface area contributed by atoms with Crippen LogP contribution in [-0.2, 0) is 14.9 Å². The molecule has 0 rings (SSSR count). The molecule has 0 spiro atoms. The van der Waals surface area contributed by atoms with Gasteiger partial charge in [-0.15, -0.1) is 6.42 Å². The normalized spacial score (nSPS) is 11.3. The fraction of sp³-hybridized carbons (Fsp3) is 0.882. The summed E-state index contributed by atoms with van der Waals surface area (Å²) in [6.45, 7) is 1.68. The van der Waals surface area contributed by atoms with Gasteiger partial charge in [0.05, 0.1) is 22.0 Å². The van der Waals surface area contributed by atoms with E-state index < -0.39 is 27.9 Å². The molecule has 0 aliphatic heterocycles. The van der Waals surface area contributed by atoms with Gasteiger partial charge in [-0.3, -0.25) is 0 Å². The molecule has 0 saturated carbocycles. The molecule has 0 fully saturated rings. The van der Waals surface area contributed by atoms with Crippen LogP contribution in [0.4, 0.5) is 0 Å². The second-order valence-corrected chi connectivity index (χ2v) is 7.46. The number of hydrogen-bond acceptors (Lipinski definition) is 10. The monoisotopic (exact) mass is 470 g/mol. The first-order valence-corrected chi connectivity index (χ1v) is 11.0. The van der Waals surface area contributed by atoms with E-state index in [1.165, 1.54) is 6.61 Å². The molecule has 0 aliphatic rings. The average Bonchev–Trinajstić information content (AvgIpc) is 2.61. The number of carboxylic acid groups (broad SMARTS) is 1. The van der Waals surface area contributed by atoms with Crippen molar-refractivity contribution in [3.63, 3.8) is 0 Å². The molecule has 0 aliphatic carbocycles. The summed E-state index contributed by atoms with van der Waals surface area (Å²) in [4.78, 5) is 12.3. The second kappa shape index (κ2) is 29.1. The Morgan fingerprint density at radius 2 is 1.43 bits per heavy atom. The van der Waals surface area contributed by atoms with Gasteiger partial charge in [0.15, 0.2) is 0 Å². The van der Waals surface area contributed by atoms with Crippen molar-refractivity contribution in [3.05, 3.63) is 6.61 Å². The van der Waals surface area contributed by atoms with Gasteiger partial charge >= 0.3 is 29.6 Å². The first-order valence-electron chi connectivity index (χ1n) is 9.42. The predicted octanol–water partition coefficient (Wildman–Crippen LogP) is -4.97. The predicted molar refractivity (Wildman–Crippen MR) is 99.9 cm³/mol. The van der Waals surface area contributed by atoms with Crippen molar-refractivity contribution in [2.24, 2.45) is 0 Å². The molecule has 0 amide bonds. The molecule has 0 bridgehead atoms. The van der Waals surface area contributed by atoms with Crippen molar-refractivity contribution < 1.29 is 83.0 Å². The summed E-state index contributed by atoms with van der Waals surface area (Å²) >= 11 is 0. The molecule has 0 saturated heterocycles. The number of unbranched alkanes of at least 4 members (excludes halogenated alkanes) is 5. The zero-order valence-corrected chi connectivity index (χ0v) is 20.5. The first kappa shape index (κ1) is 37.5. The fourth-order valence-electron chi connectivity index (χ4n) is 1.77. The summed E-state index contributed by atoms with van der Waals surface area (Å²) in [7, 11) is -4.32. The van der Waals surface area contributed by atoms with Gasteiger partial charge < -0.3 is 45.0 Å². The van der Waals surface area contributed by atoms with E-state index in [2.05, 4.69) is 4.89 Å². The van der Waals surface area contributed by atoms with Gasteiger partial charge in [-0.2, -0.15) is 0 Å². The van der Waals surface area contributed by atoms with E-state index in [-0.39, 0.29) is 62.2 Å². The minimum absolute atomic E-state index is 0. The van der Waals surface area contributed by atoms with E-state index in [9.17, 15) is 28.1 Å². The molecule has 178 valence electrons. The van der Waals surface area contributed by atoms with Gasteiger partial charge in [0.25, 0.3) is 0 Å². The van der Waals surface area contributed by atoms with Crippen molar-refractivity contribution in [2.45, 2.75) is 70.3 Å². The minimum Gasteiger partial charge on any atom is -0.748 e. The van der Waals surface area contributed by atoms with E-state index in [1.54, 1.807) is 0 Å². The van der Waals surface area contributed by atoms with Gasteiger partial charge in [-0.1, -0.05) is 12.8 Å². The number of hydrogen-bond donors (Lipinski definition) is 4. The maximum Gasteiger partial charge on any atom is 1.00 e. The molecule has 11 nitrogen and oxygen atoms in total. The number of carbonyl (C=O) groups excluding carboxylic acids is 1. The zero-order valence-electron chi connectivity index (χ0n) is 17.6. The zero-order chi connectivity index (χ0) is 23.0. The summed E-state index contributed by atoms with van der Waals surface area (Å²) in [5.41, 5.74) is 0. The molecule has 0 aromatic rings. The average molecular weight is 471 g/mol. The third-order valence-corrected chi connectivity index (χ3v) is 3.99. The van der Waals surface area contributed by atoms with Crippen molar-refractivity contribution in [3.8, 4) is 0 Å². The third-order valence-electron chi connectivity index (χ3n) is 3.20. The Labute approximate surface area is 201 Å². The van der Waals surface area contributed by atoms with E-state index in [0.29, 0.717) is 25.7 Å². The molecule has 0 heterocycles. The number of carboxylic acids is 1. The van der Waals surface area contributed by atoms with E-state index in [0.717, 1.165) is 25.7 Å². The summed E-state index contributed by atoms with van der Waals surface area (Å²) in [5, 5.41) is 53.0. The second-order valence-electron chi connectivity index (χ2n) is 6.01. The Hall–Kier alpha value is 0.140. The van der Waals surface area contributed by atoms with Crippen LogP contribution in [0.15, 0.2) is 0 Å². The van der Waals surface area contributed by atoms with Crippen LogP contribution >= 0.6 is 0 Å². The van der Waals surface area contributed by atoms with Crippen molar-refractivity contribution >= 4 is 16.1 Å². The number of carbonyl (C=O) groups is 1. The Morgan fingerprint density at radius 3 is 1.87 bits per heavy atom. The Bertz CT molecular complexity index is 429. The molecule has 13 heteroatoms. The van der Waals surface area contributed by atoms with Crippen LogP contribution in [-0.4, -0.2) is 75.9 Å². The van der Waals surface area contributed by atoms with Crippen molar-refractivity contribution in [2.75, 3.05) is 25.6 Å². The Morgan fingerprint density at radius 1 is 0.933 bits per heavy atom. The van der Waals surface area contributed by atoms with Crippen LogP contribution < -0.4 is 39.9 Å². The number of rotatable bonds is 16. The fourth-order valence-corrected chi connectivity index (χ4v) is 2.41. The summed E-state index contributed by atoms with van der Waals surface area (Å²) in [6, 6.07) is 0. The third kappa shape index (κ3) is 46.4. The van der Waals surface area contributed by atoms with Crippen LogP contribution in [0.25, 0.3) is 0 Å². The molecule has 1 unspecified atom stereocenters. The smallest absolute Gasteiger partial charge is 0.748 e. The van der Waals surface area contributed by atoms with Gasteiger partial charge in [-0.05, 0) is 51.6 Å². The maximum atomic E-state index is 10.1. The molecule has 30 heavy (non-hydrogen) atoms. The van der Waals surface area contributed by atoms with E-state index in [4.69, 9.17) is 20.4 Å². The molecule has 0 aromatic carbocycles. The SMILES string of the molecule is O=C([O-])CCCCO.O=S(=O)([O-])CC(O)CCCCO.[Na+].[O-][OH+][CH-]CCCCCO. The van der Waals surface area contributed by atoms with Crippen LogP contribution in [0.3, 0.4) is 0 Å². The van der Waals surface area contributed by atoms with Crippen molar-refractivity contribution in [1.82, 2.24) is 0 Å². The molecule has 0 radical (unpaired) electrons.